The molecule has 0 fully saturated rings. The van der Waals surface area contributed by atoms with Crippen molar-refractivity contribution in [1.82, 2.24) is 0 Å². The zero-order valence-corrected chi connectivity index (χ0v) is 13.3. The Morgan fingerprint density at radius 1 is 1.10 bits per heavy atom. The van der Waals surface area contributed by atoms with Gasteiger partial charge in [-0.2, -0.15) is 0 Å². The molecule has 0 saturated heterocycles. The van der Waals surface area contributed by atoms with E-state index in [0.717, 1.165) is 29.5 Å². The predicted octanol–water partition coefficient (Wildman–Crippen LogP) is 4.82. The fourth-order valence-corrected chi connectivity index (χ4v) is 2.53. The third-order valence-electron chi connectivity index (χ3n) is 3.90. The van der Waals surface area contributed by atoms with Gasteiger partial charge in [-0.05, 0) is 30.9 Å². The molecule has 3 nitrogen and oxygen atoms in total. The molecule has 2 unspecified atom stereocenters. The summed E-state index contributed by atoms with van der Waals surface area (Å²) in [6, 6.07) is 6.62. The Bertz CT molecular complexity index is 456. The average Bonchev–Trinajstić information content (AvgIpc) is 2.70. The van der Waals surface area contributed by atoms with Crippen molar-refractivity contribution in [1.29, 1.82) is 0 Å². The van der Waals surface area contributed by atoms with Crippen LogP contribution >= 0.6 is 0 Å². The Kier molecular flexibility index (Phi) is 4.46. The van der Waals surface area contributed by atoms with E-state index >= 15 is 0 Å². The molecule has 0 aliphatic carbocycles. The Hall–Kier alpha value is -1.38. The van der Waals surface area contributed by atoms with Gasteiger partial charge in [0.05, 0.1) is 0 Å². The maximum Gasteiger partial charge on any atom is 0.246 e. The second kappa shape index (κ2) is 5.94. The molecule has 0 radical (unpaired) electrons. The van der Waals surface area contributed by atoms with Crippen LogP contribution in [0.4, 0.5) is 5.69 Å². The highest BCUT2D eigenvalue weighted by atomic mass is 16.7. The van der Waals surface area contributed by atoms with Crippen LogP contribution < -0.4 is 14.8 Å². The molecule has 0 saturated carbocycles. The minimum Gasteiger partial charge on any atom is -0.449 e. The van der Waals surface area contributed by atoms with E-state index in [0.29, 0.717) is 6.04 Å². The van der Waals surface area contributed by atoms with Crippen molar-refractivity contribution in [2.24, 2.45) is 5.92 Å². The van der Waals surface area contributed by atoms with E-state index in [2.05, 4.69) is 32.2 Å². The van der Waals surface area contributed by atoms with Gasteiger partial charge in [0.25, 0.3) is 0 Å². The smallest absolute Gasteiger partial charge is 0.246 e. The summed E-state index contributed by atoms with van der Waals surface area (Å²) < 4.78 is 11.5. The lowest BCUT2D eigenvalue weighted by atomic mass is 9.97. The molecule has 0 amide bonds. The summed E-state index contributed by atoms with van der Waals surface area (Å²) in [6.07, 6.45) is 3.56. The van der Waals surface area contributed by atoms with E-state index in [4.69, 9.17) is 9.47 Å². The van der Waals surface area contributed by atoms with Gasteiger partial charge >= 0.3 is 0 Å². The number of fused-ring (bicyclic) bond motifs is 1. The summed E-state index contributed by atoms with van der Waals surface area (Å²) in [5, 5.41) is 3.62. The highest BCUT2D eigenvalue weighted by Gasteiger charge is 2.31. The minimum atomic E-state index is -0.554. The third kappa shape index (κ3) is 3.59. The molecule has 2 rings (SSSR count). The van der Waals surface area contributed by atoms with Crippen molar-refractivity contribution in [3.8, 4) is 11.5 Å². The lowest BCUT2D eigenvalue weighted by molar-refractivity contribution is -0.0431. The van der Waals surface area contributed by atoms with Crippen LogP contribution in [-0.4, -0.2) is 11.8 Å². The van der Waals surface area contributed by atoms with E-state index in [1.807, 2.05) is 26.0 Å². The lowest BCUT2D eigenvalue weighted by Gasteiger charge is -2.21. The van der Waals surface area contributed by atoms with Crippen molar-refractivity contribution in [3.05, 3.63) is 18.2 Å². The molecule has 20 heavy (non-hydrogen) atoms. The molecule has 0 bridgehead atoms. The second-order valence-corrected chi connectivity index (χ2v) is 6.26. The van der Waals surface area contributed by atoms with Crippen LogP contribution in [-0.2, 0) is 0 Å². The molecule has 1 aromatic rings. The van der Waals surface area contributed by atoms with Crippen molar-refractivity contribution in [3.63, 3.8) is 0 Å². The summed E-state index contributed by atoms with van der Waals surface area (Å²) in [7, 11) is 0. The van der Waals surface area contributed by atoms with Gasteiger partial charge in [-0.25, -0.2) is 0 Å². The van der Waals surface area contributed by atoms with Gasteiger partial charge in [-0.3, -0.25) is 0 Å². The number of rotatable bonds is 6. The summed E-state index contributed by atoms with van der Waals surface area (Å²) in [5.74, 6) is 1.86. The fourth-order valence-electron chi connectivity index (χ4n) is 2.53. The van der Waals surface area contributed by atoms with Crippen LogP contribution in [0.15, 0.2) is 18.2 Å². The van der Waals surface area contributed by atoms with Crippen LogP contribution in [0, 0.1) is 5.92 Å². The van der Waals surface area contributed by atoms with Gasteiger partial charge in [-0.15, -0.1) is 0 Å². The van der Waals surface area contributed by atoms with Gasteiger partial charge in [0.1, 0.15) is 0 Å². The third-order valence-corrected chi connectivity index (χ3v) is 3.90. The maximum absolute atomic E-state index is 5.79. The number of hydrogen-bond donors (Lipinski definition) is 1. The Balaban J connectivity index is 2.04. The van der Waals surface area contributed by atoms with Gasteiger partial charge in [0.15, 0.2) is 11.5 Å². The van der Waals surface area contributed by atoms with Crippen LogP contribution in [0.2, 0.25) is 0 Å². The molecule has 1 heterocycles. The van der Waals surface area contributed by atoms with E-state index in [-0.39, 0.29) is 0 Å². The Morgan fingerprint density at radius 2 is 1.80 bits per heavy atom. The Morgan fingerprint density at radius 3 is 2.45 bits per heavy atom. The summed E-state index contributed by atoms with van der Waals surface area (Å²) in [6.45, 7) is 10.7. The summed E-state index contributed by atoms with van der Waals surface area (Å²) in [5.41, 5.74) is 1.11. The molecule has 1 N–H and O–H groups in total. The first-order chi connectivity index (χ1) is 9.43. The Labute approximate surface area is 122 Å². The van der Waals surface area contributed by atoms with Crippen molar-refractivity contribution in [2.75, 3.05) is 5.32 Å². The molecular weight excluding hydrogens is 250 g/mol. The van der Waals surface area contributed by atoms with Crippen LogP contribution in [0.5, 0.6) is 11.5 Å². The number of nitrogens with one attached hydrogen (secondary N) is 1. The van der Waals surface area contributed by atoms with Crippen LogP contribution in [0.25, 0.3) is 0 Å². The van der Waals surface area contributed by atoms with Crippen molar-refractivity contribution < 1.29 is 9.47 Å². The average molecular weight is 277 g/mol. The molecule has 1 aromatic carbocycles. The SMILES string of the molecule is CCC(C)CC(CC)Nc1ccc2c(c1)OC(C)(C)O2. The maximum atomic E-state index is 5.79. The fraction of sp³-hybridized carbons (Fsp3) is 0.647. The topological polar surface area (TPSA) is 30.5 Å². The van der Waals surface area contributed by atoms with E-state index in [1.54, 1.807) is 0 Å². The van der Waals surface area contributed by atoms with Gasteiger partial charge < -0.3 is 14.8 Å². The molecule has 0 spiro atoms. The number of benzene rings is 1. The molecular formula is C17H27NO2. The van der Waals surface area contributed by atoms with Gasteiger partial charge in [0, 0.05) is 31.6 Å². The number of anilines is 1. The molecule has 1 aliphatic rings. The van der Waals surface area contributed by atoms with Crippen LogP contribution in [0.1, 0.15) is 53.9 Å². The highest BCUT2D eigenvalue weighted by Crippen LogP contribution is 2.40. The van der Waals surface area contributed by atoms with Gasteiger partial charge in [-0.1, -0.05) is 27.2 Å². The van der Waals surface area contributed by atoms with Crippen molar-refractivity contribution in [2.45, 2.75) is 65.7 Å². The van der Waals surface area contributed by atoms with E-state index in [9.17, 15) is 0 Å². The predicted molar refractivity (Wildman–Crippen MR) is 83.6 cm³/mol. The second-order valence-electron chi connectivity index (χ2n) is 6.26. The van der Waals surface area contributed by atoms with E-state index in [1.165, 1.54) is 12.8 Å². The van der Waals surface area contributed by atoms with E-state index < -0.39 is 5.79 Å². The molecule has 2 atom stereocenters. The zero-order chi connectivity index (χ0) is 14.8. The van der Waals surface area contributed by atoms with Crippen molar-refractivity contribution >= 4 is 5.69 Å². The monoisotopic (exact) mass is 277 g/mol. The normalized spacial score (nSPS) is 18.6. The first-order valence-electron chi connectivity index (χ1n) is 7.72. The standard InChI is InChI=1S/C17H27NO2/c1-6-12(3)10-13(7-2)18-14-8-9-15-16(11-14)20-17(4,5)19-15/h8-9,11-13,18H,6-7,10H2,1-5H3. The summed E-state index contributed by atoms with van der Waals surface area (Å²) in [4.78, 5) is 0. The first kappa shape index (κ1) is 15.0. The zero-order valence-electron chi connectivity index (χ0n) is 13.3. The minimum absolute atomic E-state index is 0.512. The highest BCUT2D eigenvalue weighted by molar-refractivity contribution is 5.56. The van der Waals surface area contributed by atoms with Crippen LogP contribution in [0.3, 0.4) is 0 Å². The molecule has 0 aromatic heterocycles. The first-order valence-corrected chi connectivity index (χ1v) is 7.72. The lowest BCUT2D eigenvalue weighted by Crippen LogP contribution is -2.29. The number of ether oxygens (including phenoxy) is 2. The molecule has 1 aliphatic heterocycles. The van der Waals surface area contributed by atoms with Gasteiger partial charge in [0.2, 0.25) is 5.79 Å². The quantitative estimate of drug-likeness (QED) is 0.808. The number of hydrogen-bond acceptors (Lipinski definition) is 3. The largest absolute Gasteiger partial charge is 0.449 e. The molecule has 112 valence electrons. The molecule has 3 heteroatoms. The summed E-state index contributed by atoms with van der Waals surface area (Å²) >= 11 is 0.